The minimum atomic E-state index is -3.79. The van der Waals surface area contributed by atoms with Crippen molar-refractivity contribution in [3.05, 3.63) is 40.7 Å². The van der Waals surface area contributed by atoms with Crippen LogP contribution in [0.3, 0.4) is 0 Å². The molecule has 1 rings (SSSR count). The van der Waals surface area contributed by atoms with Crippen molar-refractivity contribution in [2.75, 3.05) is 0 Å². The van der Waals surface area contributed by atoms with Gasteiger partial charge >= 0.3 is 7.60 Å². The molecule has 0 saturated carbocycles. The fourth-order valence-electron chi connectivity index (χ4n) is 1.94. The summed E-state index contributed by atoms with van der Waals surface area (Å²) in [5.74, 6) is -0.414. The molecule has 23 heavy (non-hydrogen) atoms. The summed E-state index contributed by atoms with van der Waals surface area (Å²) in [5, 5.41) is 9.11. The van der Waals surface area contributed by atoms with Crippen molar-refractivity contribution in [2.45, 2.75) is 46.8 Å². The van der Waals surface area contributed by atoms with Gasteiger partial charge in [-0.1, -0.05) is 18.2 Å². The zero-order valence-corrected chi connectivity index (χ0v) is 15.0. The van der Waals surface area contributed by atoms with Gasteiger partial charge in [0.2, 0.25) is 0 Å². The van der Waals surface area contributed by atoms with Crippen molar-refractivity contribution in [2.24, 2.45) is 0 Å². The van der Waals surface area contributed by atoms with Crippen LogP contribution in [0.1, 0.15) is 45.7 Å². The molecule has 0 unspecified atom stereocenters. The average Bonchev–Trinajstić information content (AvgIpc) is 2.42. The van der Waals surface area contributed by atoms with E-state index in [9.17, 15) is 9.36 Å². The molecule has 0 aromatic heterocycles. The first kappa shape index (κ1) is 19.3. The van der Waals surface area contributed by atoms with E-state index < -0.39 is 13.4 Å². The maximum Gasteiger partial charge on any atom is 0.365 e. The van der Waals surface area contributed by atoms with Crippen LogP contribution in [0.15, 0.2) is 29.6 Å². The molecule has 0 radical (unpaired) electrons. The minimum Gasteiger partial charge on any atom is -0.302 e. The molecule has 0 heterocycles. The Morgan fingerprint density at radius 3 is 2.13 bits per heavy atom. The highest BCUT2D eigenvalue weighted by Crippen LogP contribution is 2.58. The minimum absolute atomic E-state index is 0.0531. The fourth-order valence-corrected chi connectivity index (χ4v) is 4.01. The molecule has 6 heteroatoms. The summed E-state index contributed by atoms with van der Waals surface area (Å²) in [6.45, 7) is 8.18. The second kappa shape index (κ2) is 8.21. The number of carbonyl (C=O) groups excluding carboxylic acids is 1. The zero-order chi connectivity index (χ0) is 17.6. The van der Waals surface area contributed by atoms with Crippen molar-refractivity contribution in [1.29, 1.82) is 5.26 Å². The molecule has 0 spiro atoms. The summed E-state index contributed by atoms with van der Waals surface area (Å²) in [6.07, 6.45) is 0.661. The number of nitriles is 1. The van der Waals surface area contributed by atoms with Crippen LogP contribution in [-0.4, -0.2) is 18.0 Å². The van der Waals surface area contributed by atoms with Gasteiger partial charge in [0.15, 0.2) is 5.78 Å². The van der Waals surface area contributed by atoms with Gasteiger partial charge in [0.25, 0.3) is 0 Å². The van der Waals surface area contributed by atoms with Crippen LogP contribution >= 0.6 is 7.60 Å². The maximum atomic E-state index is 13.2. The van der Waals surface area contributed by atoms with Gasteiger partial charge in [0.1, 0.15) is 5.31 Å². The lowest BCUT2D eigenvalue weighted by Gasteiger charge is -2.24. The third-order valence-corrected chi connectivity index (χ3v) is 5.16. The Hall–Kier alpha value is -1.73. The van der Waals surface area contributed by atoms with E-state index in [4.69, 9.17) is 14.3 Å². The number of allylic oxidation sites excluding steroid dienone is 1. The van der Waals surface area contributed by atoms with Gasteiger partial charge in [0.05, 0.1) is 23.8 Å². The normalized spacial score (nSPS) is 12.5. The van der Waals surface area contributed by atoms with Crippen LogP contribution in [0.4, 0.5) is 0 Å². The van der Waals surface area contributed by atoms with E-state index in [1.807, 2.05) is 6.07 Å². The molecule has 124 valence electrons. The Bertz CT molecular complexity index is 672. The Morgan fingerprint density at radius 2 is 1.70 bits per heavy atom. The van der Waals surface area contributed by atoms with Gasteiger partial charge < -0.3 is 9.05 Å². The number of ketones is 1. The molecule has 0 atom stereocenters. The Morgan fingerprint density at radius 1 is 1.17 bits per heavy atom. The largest absolute Gasteiger partial charge is 0.365 e. The topological polar surface area (TPSA) is 76.4 Å². The summed E-state index contributed by atoms with van der Waals surface area (Å²) in [5.41, 5.74) is 0.882. The highest BCUT2D eigenvalue weighted by atomic mass is 31.2. The molecule has 0 amide bonds. The number of benzene rings is 1. The molecule has 0 aliphatic heterocycles. The molecular formula is C17H22NO4P. The second-order valence-electron chi connectivity index (χ2n) is 5.59. The Kier molecular flexibility index (Phi) is 6.90. The van der Waals surface area contributed by atoms with E-state index in [2.05, 4.69) is 0 Å². The van der Waals surface area contributed by atoms with E-state index in [0.717, 1.165) is 0 Å². The highest BCUT2D eigenvalue weighted by molar-refractivity contribution is 7.60. The maximum absolute atomic E-state index is 13.2. The van der Waals surface area contributed by atoms with Crippen molar-refractivity contribution in [1.82, 2.24) is 0 Å². The van der Waals surface area contributed by atoms with Gasteiger partial charge in [-0.2, -0.15) is 5.26 Å². The predicted molar refractivity (Wildman–Crippen MR) is 89.9 cm³/mol. The number of hydrogen-bond acceptors (Lipinski definition) is 5. The Labute approximate surface area is 137 Å². The van der Waals surface area contributed by atoms with Crippen LogP contribution < -0.4 is 0 Å². The van der Waals surface area contributed by atoms with Crippen LogP contribution in [0.5, 0.6) is 0 Å². The molecule has 0 N–H and O–H groups in total. The summed E-state index contributed by atoms with van der Waals surface area (Å²) in [6, 6.07) is 8.81. The van der Waals surface area contributed by atoms with E-state index in [-0.39, 0.29) is 17.5 Å². The second-order valence-corrected chi connectivity index (χ2v) is 7.49. The van der Waals surface area contributed by atoms with Gasteiger partial charge in [-0.25, -0.2) is 0 Å². The van der Waals surface area contributed by atoms with Gasteiger partial charge in [-0.05, 0) is 52.3 Å². The lowest BCUT2D eigenvalue weighted by atomic mass is 10.1. The lowest BCUT2D eigenvalue weighted by molar-refractivity contribution is -0.113. The van der Waals surface area contributed by atoms with Crippen LogP contribution in [0.25, 0.3) is 6.08 Å². The third kappa shape index (κ3) is 5.44. The van der Waals surface area contributed by atoms with Crippen LogP contribution in [0.2, 0.25) is 0 Å². The number of carbonyl (C=O) groups is 1. The third-order valence-electron chi connectivity index (χ3n) is 2.73. The summed E-state index contributed by atoms with van der Waals surface area (Å²) in [4.78, 5) is 12.1. The molecule has 0 fully saturated rings. The average molecular weight is 335 g/mol. The molecule has 0 aliphatic carbocycles. The molecule has 5 nitrogen and oxygen atoms in total. The van der Waals surface area contributed by atoms with Crippen LogP contribution in [0, 0.1) is 11.3 Å². The molecule has 1 aromatic carbocycles. The molecule has 1 aromatic rings. The number of Topliss-reactive ketones (excluding diaryl/α,β-unsaturated/α-hetero) is 1. The zero-order valence-electron chi connectivity index (χ0n) is 14.1. The Balaban J connectivity index is 3.47. The standard InChI is InChI=1S/C17H22NO4P/c1-12(2)21-23(20,22-13(3)4)17(14(5)19)10-15-8-6-7-9-16(15)11-18/h6-10,12-13H,1-5H3. The van der Waals surface area contributed by atoms with E-state index in [1.54, 1.807) is 52.0 Å². The van der Waals surface area contributed by atoms with E-state index in [0.29, 0.717) is 11.1 Å². The number of nitrogens with zero attached hydrogens (tertiary/aromatic N) is 1. The summed E-state index contributed by atoms with van der Waals surface area (Å²) < 4.78 is 24.1. The van der Waals surface area contributed by atoms with Crippen molar-refractivity contribution < 1.29 is 18.4 Å². The lowest BCUT2D eigenvalue weighted by Crippen LogP contribution is -2.12. The fraction of sp³-hybridized carbons (Fsp3) is 0.412. The first-order chi connectivity index (χ1) is 10.7. The van der Waals surface area contributed by atoms with Gasteiger partial charge in [-0.3, -0.25) is 9.36 Å². The first-order valence-electron chi connectivity index (χ1n) is 7.38. The monoisotopic (exact) mass is 335 g/mol. The first-order valence-corrected chi connectivity index (χ1v) is 8.93. The molecule has 0 bridgehead atoms. The van der Waals surface area contributed by atoms with E-state index in [1.165, 1.54) is 13.0 Å². The summed E-state index contributed by atoms with van der Waals surface area (Å²) >= 11 is 0. The predicted octanol–water partition coefficient (Wildman–Crippen LogP) is 4.53. The smallest absolute Gasteiger partial charge is 0.302 e. The molecular weight excluding hydrogens is 313 g/mol. The number of rotatable bonds is 7. The SMILES string of the molecule is CC(=O)C(=Cc1ccccc1C#N)P(=O)(OC(C)C)OC(C)C. The van der Waals surface area contributed by atoms with Gasteiger partial charge in [0, 0.05) is 0 Å². The molecule has 0 aliphatic rings. The molecule has 0 saturated heterocycles. The quantitative estimate of drug-likeness (QED) is 0.540. The van der Waals surface area contributed by atoms with Crippen molar-refractivity contribution in [3.8, 4) is 6.07 Å². The van der Waals surface area contributed by atoms with Crippen molar-refractivity contribution in [3.63, 3.8) is 0 Å². The van der Waals surface area contributed by atoms with Gasteiger partial charge in [-0.15, -0.1) is 0 Å². The van der Waals surface area contributed by atoms with E-state index >= 15 is 0 Å². The van der Waals surface area contributed by atoms with Crippen molar-refractivity contribution >= 4 is 19.5 Å². The highest BCUT2D eigenvalue weighted by Gasteiger charge is 2.35. The number of hydrogen-bond donors (Lipinski definition) is 0. The summed E-state index contributed by atoms with van der Waals surface area (Å²) in [7, 11) is -3.79. The van der Waals surface area contributed by atoms with Crippen LogP contribution in [-0.2, 0) is 18.4 Å².